The van der Waals surface area contributed by atoms with Crippen LogP contribution in [0.15, 0.2) is 30.5 Å². The largest absolute Gasteiger partial charge is 0.382 e. The number of hydrogen-bond acceptors (Lipinski definition) is 7. The number of carbonyl (C=O) groups is 1. The highest BCUT2D eigenvalue weighted by Gasteiger charge is 2.44. The monoisotopic (exact) mass is 463 g/mol. The number of carbonyl (C=O) groups excluding carboxylic acids is 1. The second-order valence-electron chi connectivity index (χ2n) is 8.18. The summed E-state index contributed by atoms with van der Waals surface area (Å²) in [6.07, 6.45) is 2.37. The van der Waals surface area contributed by atoms with Crippen LogP contribution < -0.4 is 4.90 Å². The molecule has 10 nitrogen and oxygen atoms in total. The van der Waals surface area contributed by atoms with E-state index in [2.05, 4.69) is 9.88 Å². The quantitative estimate of drug-likeness (QED) is 0.394. The Morgan fingerprint density at radius 1 is 1.24 bits per heavy atom. The summed E-state index contributed by atoms with van der Waals surface area (Å²) in [5.41, 5.74) is -0.533. The second kappa shape index (κ2) is 10.8. The molecule has 0 aliphatic carbocycles. The molecule has 2 aromatic rings. The van der Waals surface area contributed by atoms with Crippen LogP contribution in [0.4, 0.5) is 15.9 Å². The fourth-order valence-corrected chi connectivity index (χ4v) is 4.49. The van der Waals surface area contributed by atoms with Crippen molar-refractivity contribution in [3.63, 3.8) is 0 Å². The van der Waals surface area contributed by atoms with E-state index in [1.807, 2.05) is 0 Å². The molecule has 1 aliphatic rings. The van der Waals surface area contributed by atoms with Crippen LogP contribution in [0, 0.1) is 22.9 Å². The molecule has 0 N–H and O–H groups in total. The van der Waals surface area contributed by atoms with E-state index in [0.29, 0.717) is 44.8 Å². The molecular weight excluding hydrogens is 433 g/mol. The molecule has 33 heavy (non-hydrogen) atoms. The molecule has 1 aromatic carbocycles. The fraction of sp³-hybridized carbons (Fsp3) is 0.545. The molecule has 1 aromatic heterocycles. The van der Waals surface area contributed by atoms with E-state index in [1.54, 1.807) is 36.8 Å². The van der Waals surface area contributed by atoms with Gasteiger partial charge in [-0.25, -0.2) is 13.9 Å². The number of rotatable bonds is 10. The molecule has 0 unspecified atom stereocenters. The molecule has 1 amide bonds. The molecule has 1 fully saturated rings. The zero-order chi connectivity index (χ0) is 24.0. The van der Waals surface area contributed by atoms with Crippen LogP contribution in [0.25, 0.3) is 0 Å². The van der Waals surface area contributed by atoms with Crippen molar-refractivity contribution >= 4 is 17.4 Å². The van der Waals surface area contributed by atoms with Crippen molar-refractivity contribution in [2.45, 2.75) is 31.8 Å². The lowest BCUT2D eigenvalue weighted by molar-refractivity contribution is -0.392. The van der Waals surface area contributed by atoms with Crippen LogP contribution >= 0.6 is 0 Å². The van der Waals surface area contributed by atoms with Crippen LogP contribution in [-0.2, 0) is 20.8 Å². The maximum absolute atomic E-state index is 14.8. The average Bonchev–Trinajstić information content (AvgIpc) is 3.16. The van der Waals surface area contributed by atoms with Gasteiger partial charge in [0.05, 0.1) is 17.8 Å². The summed E-state index contributed by atoms with van der Waals surface area (Å²) in [6.45, 7) is 4.07. The zero-order valence-electron chi connectivity index (χ0n) is 19.2. The lowest BCUT2D eigenvalue weighted by Crippen LogP contribution is -2.61. The van der Waals surface area contributed by atoms with Gasteiger partial charge in [0.2, 0.25) is 0 Å². The second-order valence-corrected chi connectivity index (χ2v) is 8.18. The molecule has 0 atom stereocenters. The molecular formula is C22H30FN5O5. The van der Waals surface area contributed by atoms with Gasteiger partial charge in [0, 0.05) is 40.8 Å². The Bertz CT molecular complexity index is 974. The third-order valence-electron chi connectivity index (χ3n) is 6.15. The number of halogens is 1. The number of imidazole rings is 1. The lowest BCUT2D eigenvalue weighted by atomic mass is 9.85. The lowest BCUT2D eigenvalue weighted by Gasteiger charge is -2.48. The van der Waals surface area contributed by atoms with Crippen LogP contribution in [0.2, 0.25) is 0 Å². The Morgan fingerprint density at radius 3 is 2.55 bits per heavy atom. The van der Waals surface area contributed by atoms with Gasteiger partial charge in [-0.15, -0.1) is 0 Å². The zero-order valence-corrected chi connectivity index (χ0v) is 19.2. The third kappa shape index (κ3) is 5.37. The van der Waals surface area contributed by atoms with E-state index >= 15 is 0 Å². The topological polar surface area (TPSA) is 103 Å². The van der Waals surface area contributed by atoms with Crippen LogP contribution in [0.3, 0.4) is 0 Å². The van der Waals surface area contributed by atoms with E-state index in [1.165, 1.54) is 24.3 Å². The van der Waals surface area contributed by atoms with Gasteiger partial charge in [-0.3, -0.25) is 14.6 Å². The molecule has 11 heteroatoms. The standard InChI is InChI=1S/C22H30FN5O5/c1-17-24-14-20(28(30)31)26(17)13-12-25-10-8-22(9-11-25,16-33-3)27(21(29)15-32-2)19-7-5-4-6-18(19)23/h4-7,14H,8-13,15-16H2,1-3H3. The number of methoxy groups -OCH3 is 2. The molecule has 2 heterocycles. The number of aromatic nitrogens is 2. The Morgan fingerprint density at radius 2 is 1.94 bits per heavy atom. The number of nitro groups is 1. The number of aryl methyl sites for hydroxylation is 1. The Balaban J connectivity index is 1.78. The first-order valence-electron chi connectivity index (χ1n) is 10.8. The van der Waals surface area contributed by atoms with Crippen molar-refractivity contribution in [3.8, 4) is 0 Å². The molecule has 0 spiro atoms. The molecule has 0 radical (unpaired) electrons. The SMILES string of the molecule is COCC(=O)N(c1ccccc1F)C1(COC)CCN(CCn2c([N+](=O)[O-])cnc2C)CC1. The van der Waals surface area contributed by atoms with Crippen molar-refractivity contribution < 1.29 is 23.6 Å². The average molecular weight is 464 g/mol. The van der Waals surface area contributed by atoms with Crippen molar-refractivity contribution in [1.82, 2.24) is 14.5 Å². The first-order valence-corrected chi connectivity index (χ1v) is 10.8. The summed E-state index contributed by atoms with van der Waals surface area (Å²) in [4.78, 5) is 31.6. The predicted molar refractivity (Wildman–Crippen MR) is 120 cm³/mol. The van der Waals surface area contributed by atoms with Gasteiger partial charge in [0.15, 0.2) is 5.82 Å². The van der Waals surface area contributed by atoms with E-state index in [-0.39, 0.29) is 30.6 Å². The van der Waals surface area contributed by atoms with Gasteiger partial charge in [0.25, 0.3) is 5.91 Å². The summed E-state index contributed by atoms with van der Waals surface area (Å²) in [5, 5.41) is 11.2. The van der Waals surface area contributed by atoms with E-state index in [4.69, 9.17) is 9.47 Å². The maximum Gasteiger partial charge on any atom is 0.342 e. The van der Waals surface area contributed by atoms with Crippen LogP contribution in [0.1, 0.15) is 18.7 Å². The van der Waals surface area contributed by atoms with E-state index in [9.17, 15) is 19.3 Å². The highest BCUT2D eigenvalue weighted by Crippen LogP contribution is 2.35. The number of anilines is 1. The third-order valence-corrected chi connectivity index (χ3v) is 6.15. The predicted octanol–water partition coefficient (Wildman–Crippen LogP) is 2.40. The van der Waals surface area contributed by atoms with Crippen molar-refractivity contribution in [2.75, 3.05) is 52.0 Å². The summed E-state index contributed by atoms with van der Waals surface area (Å²) in [5.74, 6) is -0.266. The molecule has 3 rings (SSSR count). The molecule has 180 valence electrons. The highest BCUT2D eigenvalue weighted by atomic mass is 19.1. The Hall–Kier alpha value is -2.89. The molecule has 1 aliphatic heterocycles. The van der Waals surface area contributed by atoms with E-state index < -0.39 is 16.3 Å². The number of para-hydroxylation sites is 1. The first-order chi connectivity index (χ1) is 15.8. The van der Waals surface area contributed by atoms with E-state index in [0.717, 1.165) is 0 Å². The minimum atomic E-state index is -0.736. The normalized spacial score (nSPS) is 16.0. The number of piperidine rings is 1. The number of likely N-dealkylation sites (tertiary alicyclic amines) is 1. The van der Waals surface area contributed by atoms with Gasteiger partial charge in [-0.05, 0) is 29.9 Å². The number of benzene rings is 1. The molecule has 1 saturated heterocycles. The van der Waals surface area contributed by atoms with Gasteiger partial charge in [-0.2, -0.15) is 0 Å². The van der Waals surface area contributed by atoms with Gasteiger partial charge < -0.3 is 19.6 Å². The van der Waals surface area contributed by atoms with Gasteiger partial charge in [-0.1, -0.05) is 12.1 Å². The smallest absolute Gasteiger partial charge is 0.342 e. The summed E-state index contributed by atoms with van der Waals surface area (Å²) < 4.78 is 26.9. The number of nitrogens with zero attached hydrogens (tertiary/aromatic N) is 5. The summed E-state index contributed by atoms with van der Waals surface area (Å²) in [6, 6.07) is 6.20. The number of ether oxygens (including phenoxy) is 2. The Kier molecular flexibility index (Phi) is 8.11. The van der Waals surface area contributed by atoms with Gasteiger partial charge in [0.1, 0.15) is 25.2 Å². The summed E-state index contributed by atoms with van der Waals surface area (Å²) in [7, 11) is 3.00. The van der Waals surface area contributed by atoms with Crippen molar-refractivity contribution in [2.24, 2.45) is 0 Å². The molecule has 0 saturated carbocycles. The van der Waals surface area contributed by atoms with Crippen LogP contribution in [-0.4, -0.2) is 77.9 Å². The number of amides is 1. The minimum absolute atomic E-state index is 0.0332. The first kappa shape index (κ1) is 24.7. The Labute approximate surface area is 192 Å². The maximum atomic E-state index is 14.8. The number of hydrogen-bond donors (Lipinski definition) is 0. The summed E-state index contributed by atoms with van der Waals surface area (Å²) >= 11 is 0. The van der Waals surface area contributed by atoms with Crippen molar-refractivity contribution in [1.29, 1.82) is 0 Å². The van der Waals surface area contributed by atoms with Crippen molar-refractivity contribution in [3.05, 3.63) is 52.2 Å². The van der Waals surface area contributed by atoms with Gasteiger partial charge >= 0.3 is 5.82 Å². The van der Waals surface area contributed by atoms with Crippen LogP contribution in [0.5, 0.6) is 0 Å². The molecule has 0 bridgehead atoms. The minimum Gasteiger partial charge on any atom is -0.382 e. The fourth-order valence-electron chi connectivity index (χ4n) is 4.49. The highest BCUT2D eigenvalue weighted by molar-refractivity contribution is 5.96.